The molecular weight excluding hydrogens is 512 g/mol. The second-order valence-corrected chi connectivity index (χ2v) is 11.0. The summed E-state index contributed by atoms with van der Waals surface area (Å²) in [4.78, 5) is 13.1. The molecule has 1 saturated carbocycles. The summed E-state index contributed by atoms with van der Waals surface area (Å²) in [6.07, 6.45) is 13.8. The highest BCUT2D eigenvalue weighted by atomic mass is 16.1. The van der Waals surface area contributed by atoms with Crippen LogP contribution in [0.5, 0.6) is 0 Å². The van der Waals surface area contributed by atoms with Crippen LogP contribution in [0.3, 0.4) is 0 Å². The van der Waals surface area contributed by atoms with Gasteiger partial charge in [-0.1, -0.05) is 85.0 Å². The topological polar surface area (TPSA) is 26.9 Å². The van der Waals surface area contributed by atoms with E-state index in [2.05, 4.69) is 120 Å². The Bertz CT molecular complexity index is 1970. The highest BCUT2D eigenvalue weighted by Gasteiger charge is 2.21. The molecule has 1 aliphatic carbocycles. The van der Waals surface area contributed by atoms with Gasteiger partial charge in [0.1, 0.15) is 0 Å². The van der Waals surface area contributed by atoms with Crippen molar-refractivity contribution in [3.63, 3.8) is 0 Å². The Kier molecular flexibility index (Phi) is 6.71. The minimum atomic E-state index is 0.159. The Hall–Kier alpha value is -4.89. The molecule has 0 amide bonds. The summed E-state index contributed by atoms with van der Waals surface area (Å²) in [5, 5.41) is 5.10. The van der Waals surface area contributed by atoms with Crippen LogP contribution >= 0.6 is 0 Å². The van der Waals surface area contributed by atoms with Gasteiger partial charge in [-0.3, -0.25) is 4.79 Å². The minimum absolute atomic E-state index is 0.159. The van der Waals surface area contributed by atoms with Gasteiger partial charge in [-0.25, -0.2) is 0 Å². The van der Waals surface area contributed by atoms with Gasteiger partial charge in [0.25, 0.3) is 0 Å². The molecule has 0 bridgehead atoms. The molecule has 2 aromatic heterocycles. The average molecular weight is 547 g/mol. The molecule has 0 spiro atoms. The Morgan fingerprint density at radius 1 is 0.571 bits per heavy atom. The van der Waals surface area contributed by atoms with Crippen molar-refractivity contribution < 1.29 is 4.79 Å². The monoisotopic (exact) mass is 546 g/mol. The Balaban J connectivity index is 1.08. The molecule has 3 heteroatoms. The van der Waals surface area contributed by atoms with Gasteiger partial charge in [0.15, 0.2) is 5.78 Å². The molecule has 0 unspecified atom stereocenters. The molecule has 0 aliphatic heterocycles. The van der Waals surface area contributed by atoms with Crippen molar-refractivity contribution in [2.75, 3.05) is 0 Å². The van der Waals surface area contributed by atoms with Crippen LogP contribution in [0.1, 0.15) is 37.8 Å². The number of para-hydroxylation sites is 2. The van der Waals surface area contributed by atoms with Gasteiger partial charge in [-0.2, -0.15) is 0 Å². The highest BCUT2D eigenvalue weighted by molar-refractivity contribution is 6.11. The first-order valence-electron chi connectivity index (χ1n) is 15.0. The van der Waals surface area contributed by atoms with Crippen molar-refractivity contribution in [1.29, 1.82) is 0 Å². The summed E-state index contributed by atoms with van der Waals surface area (Å²) in [6.45, 7) is 6.26. The first-order chi connectivity index (χ1) is 20.7. The van der Waals surface area contributed by atoms with Gasteiger partial charge in [0, 0.05) is 67.8 Å². The summed E-state index contributed by atoms with van der Waals surface area (Å²) in [7, 11) is 0. The SMILES string of the molecule is CCn1c2ccccc2c2cc(/C=C/C=C3/CC/C(=C\C=C\c4ccc5c(c4)c4ccccc4n5CC)C3=O)ccc21. The van der Waals surface area contributed by atoms with Crippen LogP contribution in [0.25, 0.3) is 55.8 Å². The zero-order chi connectivity index (χ0) is 28.6. The second kappa shape index (κ2) is 10.8. The third kappa shape index (κ3) is 4.42. The van der Waals surface area contributed by atoms with E-state index in [1.165, 1.54) is 43.6 Å². The molecule has 3 nitrogen and oxygen atoms in total. The number of hydrogen-bond acceptors (Lipinski definition) is 1. The number of fused-ring (bicyclic) bond motifs is 6. The molecule has 0 N–H and O–H groups in total. The van der Waals surface area contributed by atoms with E-state index in [0.29, 0.717) is 0 Å². The Labute approximate surface area is 246 Å². The van der Waals surface area contributed by atoms with Gasteiger partial charge >= 0.3 is 0 Å². The standard InChI is InChI=1S/C39H34N2O/c1-3-40-35-17-7-5-15-31(35)33-25-27(19-23-37(33)40)11-9-13-29-21-22-30(39(29)42)14-10-12-28-20-24-38-34(26-28)32-16-6-8-18-36(32)41(38)4-2/h5-20,23-26H,3-4,21-22H2,1-2H3/b11-9+,12-10+,29-13-,30-14+. The number of ketones is 1. The van der Waals surface area contributed by atoms with E-state index in [1.807, 2.05) is 24.3 Å². The fourth-order valence-corrected chi connectivity index (χ4v) is 6.60. The smallest absolute Gasteiger partial charge is 0.185 e. The number of carbonyl (C=O) groups is 1. The molecule has 0 saturated heterocycles. The molecular formula is C39H34N2O. The van der Waals surface area contributed by atoms with Gasteiger partial charge in [0.2, 0.25) is 0 Å². The third-order valence-corrected chi connectivity index (χ3v) is 8.64. The fraction of sp³-hybridized carbons (Fsp3) is 0.154. The second-order valence-electron chi connectivity index (χ2n) is 11.0. The largest absolute Gasteiger partial charge is 0.341 e. The van der Waals surface area contributed by atoms with Crippen LogP contribution in [0, 0.1) is 0 Å². The molecule has 206 valence electrons. The Morgan fingerprint density at radius 2 is 1.00 bits per heavy atom. The average Bonchev–Trinajstić information content (AvgIpc) is 3.66. The van der Waals surface area contributed by atoms with Crippen LogP contribution < -0.4 is 0 Å². The first-order valence-corrected chi connectivity index (χ1v) is 15.0. The first kappa shape index (κ1) is 26.0. The molecule has 0 radical (unpaired) electrons. The number of rotatable bonds is 6. The lowest BCUT2D eigenvalue weighted by Crippen LogP contribution is -1.94. The molecule has 7 rings (SSSR count). The zero-order valence-electron chi connectivity index (χ0n) is 24.2. The van der Waals surface area contributed by atoms with Gasteiger partial charge in [-0.15, -0.1) is 0 Å². The van der Waals surface area contributed by atoms with E-state index in [1.54, 1.807) is 0 Å². The number of allylic oxidation sites excluding steroid dienone is 6. The lowest BCUT2D eigenvalue weighted by molar-refractivity contribution is -0.111. The number of carbonyl (C=O) groups excluding carboxylic acids is 1. The predicted molar refractivity (Wildman–Crippen MR) is 179 cm³/mol. The van der Waals surface area contributed by atoms with Gasteiger partial charge in [0.05, 0.1) is 0 Å². The maximum absolute atomic E-state index is 13.1. The summed E-state index contributed by atoms with van der Waals surface area (Å²) >= 11 is 0. The number of Topliss-reactive ketones (excluding diaryl/α,β-unsaturated/α-hetero) is 1. The normalized spacial score (nSPS) is 16.3. The molecule has 0 atom stereocenters. The van der Waals surface area contributed by atoms with Crippen molar-refractivity contribution >= 4 is 61.5 Å². The van der Waals surface area contributed by atoms with Crippen LogP contribution in [0.15, 0.2) is 120 Å². The quantitative estimate of drug-likeness (QED) is 0.191. The molecule has 1 aliphatic rings. The van der Waals surface area contributed by atoms with Crippen molar-refractivity contribution in [1.82, 2.24) is 9.13 Å². The lowest BCUT2D eigenvalue weighted by Gasteiger charge is -2.02. The molecule has 6 aromatic rings. The number of hydrogen-bond donors (Lipinski definition) is 0. The summed E-state index contributed by atoms with van der Waals surface area (Å²) in [5.41, 5.74) is 9.10. The van der Waals surface area contributed by atoms with E-state index in [-0.39, 0.29) is 5.78 Å². The van der Waals surface area contributed by atoms with Crippen molar-refractivity contribution in [3.05, 3.63) is 132 Å². The number of aryl methyl sites for hydroxylation is 2. The van der Waals surface area contributed by atoms with Crippen molar-refractivity contribution in [2.24, 2.45) is 0 Å². The number of nitrogens with zero attached hydrogens (tertiary/aromatic N) is 2. The predicted octanol–water partition coefficient (Wildman–Crippen LogP) is 9.88. The lowest BCUT2D eigenvalue weighted by atomic mass is 10.1. The van der Waals surface area contributed by atoms with E-state index >= 15 is 0 Å². The van der Waals surface area contributed by atoms with E-state index in [0.717, 1.165) is 48.2 Å². The van der Waals surface area contributed by atoms with Crippen LogP contribution in [-0.4, -0.2) is 14.9 Å². The molecule has 1 fully saturated rings. The van der Waals surface area contributed by atoms with Crippen LogP contribution in [0.4, 0.5) is 0 Å². The summed E-state index contributed by atoms with van der Waals surface area (Å²) in [6, 6.07) is 30.4. The minimum Gasteiger partial charge on any atom is -0.341 e. The summed E-state index contributed by atoms with van der Waals surface area (Å²) in [5.74, 6) is 0.159. The zero-order valence-corrected chi connectivity index (χ0v) is 24.2. The maximum Gasteiger partial charge on any atom is 0.185 e. The third-order valence-electron chi connectivity index (χ3n) is 8.64. The van der Waals surface area contributed by atoms with Crippen LogP contribution in [-0.2, 0) is 17.9 Å². The van der Waals surface area contributed by atoms with Gasteiger partial charge in [-0.05, 0) is 74.2 Å². The number of benzene rings is 4. The van der Waals surface area contributed by atoms with Crippen molar-refractivity contribution in [3.8, 4) is 0 Å². The highest BCUT2D eigenvalue weighted by Crippen LogP contribution is 2.32. The van der Waals surface area contributed by atoms with Gasteiger partial charge < -0.3 is 9.13 Å². The van der Waals surface area contributed by atoms with E-state index < -0.39 is 0 Å². The van der Waals surface area contributed by atoms with E-state index in [9.17, 15) is 4.79 Å². The Morgan fingerprint density at radius 3 is 1.45 bits per heavy atom. The molecule has 2 heterocycles. The summed E-state index contributed by atoms with van der Waals surface area (Å²) < 4.78 is 4.73. The van der Waals surface area contributed by atoms with Crippen LogP contribution in [0.2, 0.25) is 0 Å². The van der Waals surface area contributed by atoms with E-state index in [4.69, 9.17) is 0 Å². The van der Waals surface area contributed by atoms with Crippen molar-refractivity contribution in [2.45, 2.75) is 39.8 Å². The molecule has 4 aromatic carbocycles. The number of aromatic nitrogens is 2. The molecule has 42 heavy (non-hydrogen) atoms. The maximum atomic E-state index is 13.1. The fourth-order valence-electron chi connectivity index (χ4n) is 6.60.